The standard InChI is InChI=1S/C26H34ClN7O/c1-16(2)3-4-17-5-7-19(8-6-17)31-24-14-21(30-18-9-10-18)25-29-15-22(34(25)33-24)26(35)32-20-11-12-28-23(27)13-20/h11-19,30H,3-10H2,1-2H3,(H,31,33)(H,28,32,35). The molecule has 3 heterocycles. The highest BCUT2D eigenvalue weighted by Crippen LogP contribution is 2.32. The zero-order chi connectivity index (χ0) is 24.4. The number of nitrogens with zero attached hydrogens (tertiary/aromatic N) is 4. The molecule has 186 valence electrons. The van der Waals surface area contributed by atoms with Crippen molar-refractivity contribution in [2.45, 2.75) is 77.3 Å². The molecular weight excluding hydrogens is 462 g/mol. The van der Waals surface area contributed by atoms with Gasteiger partial charge in [-0.25, -0.2) is 14.5 Å². The molecule has 0 aromatic carbocycles. The Morgan fingerprint density at radius 3 is 2.54 bits per heavy atom. The van der Waals surface area contributed by atoms with Crippen LogP contribution in [-0.2, 0) is 0 Å². The summed E-state index contributed by atoms with van der Waals surface area (Å²) in [6.45, 7) is 4.61. The molecule has 8 nitrogen and oxygen atoms in total. The summed E-state index contributed by atoms with van der Waals surface area (Å²) in [5.74, 6) is 2.08. The lowest BCUT2D eigenvalue weighted by molar-refractivity contribution is 0.102. The number of hydrogen-bond acceptors (Lipinski definition) is 6. The summed E-state index contributed by atoms with van der Waals surface area (Å²) >= 11 is 5.97. The number of pyridine rings is 1. The molecule has 0 aliphatic heterocycles. The number of carbonyl (C=O) groups excluding carboxylic acids is 1. The number of imidazole rings is 1. The molecule has 0 bridgehead atoms. The highest BCUT2D eigenvalue weighted by Gasteiger charge is 2.26. The number of anilines is 3. The molecular formula is C26H34ClN7O. The lowest BCUT2D eigenvalue weighted by Gasteiger charge is -2.30. The maximum atomic E-state index is 13.1. The van der Waals surface area contributed by atoms with Gasteiger partial charge in [0.05, 0.1) is 11.9 Å². The van der Waals surface area contributed by atoms with Gasteiger partial charge in [-0.05, 0) is 62.5 Å². The summed E-state index contributed by atoms with van der Waals surface area (Å²) in [5.41, 5.74) is 2.50. The second kappa shape index (κ2) is 10.4. The molecule has 2 fully saturated rings. The van der Waals surface area contributed by atoms with Crippen molar-refractivity contribution in [3.63, 3.8) is 0 Å². The maximum Gasteiger partial charge on any atom is 0.276 e. The van der Waals surface area contributed by atoms with E-state index in [-0.39, 0.29) is 5.91 Å². The zero-order valence-corrected chi connectivity index (χ0v) is 21.2. The Kier molecular flexibility index (Phi) is 7.09. The molecule has 2 saturated carbocycles. The SMILES string of the molecule is CC(C)CCC1CCC(Nc2cc(NC3CC3)c3ncc(C(=O)Nc4ccnc(Cl)c4)n3n2)CC1. The lowest BCUT2D eigenvalue weighted by Crippen LogP contribution is -2.27. The molecule has 0 unspecified atom stereocenters. The minimum absolute atomic E-state index is 0.299. The van der Waals surface area contributed by atoms with Crippen LogP contribution < -0.4 is 16.0 Å². The highest BCUT2D eigenvalue weighted by molar-refractivity contribution is 6.29. The van der Waals surface area contributed by atoms with Crippen LogP contribution in [0.1, 0.15) is 75.7 Å². The van der Waals surface area contributed by atoms with Crippen LogP contribution in [0.2, 0.25) is 5.15 Å². The van der Waals surface area contributed by atoms with E-state index in [0.717, 1.165) is 49.0 Å². The molecule has 0 spiro atoms. The number of amides is 1. The van der Waals surface area contributed by atoms with E-state index >= 15 is 0 Å². The largest absolute Gasteiger partial charge is 0.379 e. The fourth-order valence-electron chi connectivity index (χ4n) is 4.80. The third-order valence-electron chi connectivity index (χ3n) is 6.97. The van der Waals surface area contributed by atoms with Crippen molar-refractivity contribution >= 4 is 40.3 Å². The minimum atomic E-state index is -0.299. The van der Waals surface area contributed by atoms with Gasteiger partial charge in [0.15, 0.2) is 11.3 Å². The van der Waals surface area contributed by atoms with Gasteiger partial charge in [-0.1, -0.05) is 38.3 Å². The number of nitrogens with one attached hydrogen (secondary N) is 3. The van der Waals surface area contributed by atoms with Crippen LogP contribution in [0.4, 0.5) is 17.2 Å². The van der Waals surface area contributed by atoms with E-state index in [9.17, 15) is 4.79 Å². The number of fused-ring (bicyclic) bond motifs is 1. The molecule has 9 heteroatoms. The van der Waals surface area contributed by atoms with E-state index in [2.05, 4.69) is 39.8 Å². The number of halogens is 1. The van der Waals surface area contributed by atoms with E-state index in [1.807, 2.05) is 6.07 Å². The summed E-state index contributed by atoms with van der Waals surface area (Å²) in [5, 5.41) is 15.2. The Morgan fingerprint density at radius 1 is 1.09 bits per heavy atom. The molecule has 3 aromatic rings. The van der Waals surface area contributed by atoms with Crippen LogP contribution in [-0.4, -0.2) is 37.6 Å². The van der Waals surface area contributed by atoms with Gasteiger partial charge < -0.3 is 16.0 Å². The second-order valence-corrected chi connectivity index (χ2v) is 10.8. The van der Waals surface area contributed by atoms with Crippen molar-refractivity contribution in [2.24, 2.45) is 11.8 Å². The van der Waals surface area contributed by atoms with Gasteiger partial charge in [-0.15, -0.1) is 5.10 Å². The Hall–Kier alpha value is -2.87. The summed E-state index contributed by atoms with van der Waals surface area (Å²) in [7, 11) is 0. The summed E-state index contributed by atoms with van der Waals surface area (Å²) in [6, 6.07) is 6.20. The third kappa shape index (κ3) is 6.04. The van der Waals surface area contributed by atoms with Crippen LogP contribution in [0, 0.1) is 11.8 Å². The fraction of sp³-hybridized carbons (Fsp3) is 0.538. The van der Waals surface area contributed by atoms with Crippen LogP contribution in [0.5, 0.6) is 0 Å². The van der Waals surface area contributed by atoms with Gasteiger partial charge in [-0.2, -0.15) is 0 Å². The fourth-order valence-corrected chi connectivity index (χ4v) is 4.97. The molecule has 3 N–H and O–H groups in total. The normalized spacial score (nSPS) is 20.2. The molecule has 3 aromatic heterocycles. The van der Waals surface area contributed by atoms with Crippen molar-refractivity contribution in [3.05, 3.63) is 41.4 Å². The number of rotatable bonds is 9. The quantitative estimate of drug-likeness (QED) is 0.314. The average molecular weight is 496 g/mol. The summed E-state index contributed by atoms with van der Waals surface area (Å²) in [6.07, 6.45) is 12.9. The van der Waals surface area contributed by atoms with Crippen LogP contribution >= 0.6 is 11.6 Å². The average Bonchev–Trinajstić information content (AvgIpc) is 3.54. The van der Waals surface area contributed by atoms with Crippen molar-refractivity contribution in [1.29, 1.82) is 0 Å². The van der Waals surface area contributed by atoms with E-state index in [1.165, 1.54) is 25.7 Å². The predicted octanol–water partition coefficient (Wildman–Crippen LogP) is 6.01. The molecule has 2 aliphatic carbocycles. The topological polar surface area (TPSA) is 96.2 Å². The van der Waals surface area contributed by atoms with E-state index < -0.39 is 0 Å². The number of aromatic nitrogens is 4. The monoisotopic (exact) mass is 495 g/mol. The molecule has 0 radical (unpaired) electrons. The molecule has 2 aliphatic rings. The van der Waals surface area contributed by atoms with Crippen molar-refractivity contribution in [1.82, 2.24) is 19.6 Å². The number of hydrogen-bond donors (Lipinski definition) is 3. The first-order valence-electron chi connectivity index (χ1n) is 12.8. The zero-order valence-electron chi connectivity index (χ0n) is 20.4. The van der Waals surface area contributed by atoms with E-state index in [4.69, 9.17) is 16.7 Å². The second-order valence-electron chi connectivity index (χ2n) is 10.4. The van der Waals surface area contributed by atoms with Crippen molar-refractivity contribution < 1.29 is 4.79 Å². The van der Waals surface area contributed by atoms with Crippen LogP contribution in [0.3, 0.4) is 0 Å². The molecule has 35 heavy (non-hydrogen) atoms. The smallest absolute Gasteiger partial charge is 0.276 e. The van der Waals surface area contributed by atoms with Gasteiger partial charge in [0, 0.05) is 30.0 Å². The summed E-state index contributed by atoms with van der Waals surface area (Å²) in [4.78, 5) is 21.6. The Bertz CT molecular complexity index is 1180. The molecule has 0 atom stereocenters. The van der Waals surface area contributed by atoms with Gasteiger partial charge in [0.2, 0.25) is 0 Å². The Morgan fingerprint density at radius 2 is 1.83 bits per heavy atom. The predicted molar refractivity (Wildman–Crippen MR) is 140 cm³/mol. The van der Waals surface area contributed by atoms with Gasteiger partial charge in [-0.3, -0.25) is 4.79 Å². The first-order valence-corrected chi connectivity index (χ1v) is 13.2. The molecule has 1 amide bonds. The maximum absolute atomic E-state index is 13.1. The highest BCUT2D eigenvalue weighted by atomic mass is 35.5. The van der Waals surface area contributed by atoms with Crippen molar-refractivity contribution in [3.8, 4) is 0 Å². The molecule has 0 saturated heterocycles. The van der Waals surface area contributed by atoms with Crippen LogP contribution in [0.25, 0.3) is 5.65 Å². The van der Waals surface area contributed by atoms with Gasteiger partial charge in [0.25, 0.3) is 5.91 Å². The molecule has 5 rings (SSSR count). The van der Waals surface area contributed by atoms with Crippen molar-refractivity contribution in [2.75, 3.05) is 16.0 Å². The first-order chi connectivity index (χ1) is 16.9. The minimum Gasteiger partial charge on any atom is -0.379 e. The van der Waals surface area contributed by atoms with Gasteiger partial charge in [0.1, 0.15) is 11.0 Å². The first kappa shape index (κ1) is 23.9. The lowest BCUT2D eigenvalue weighted by atomic mass is 9.82. The van der Waals surface area contributed by atoms with E-state index in [1.54, 1.807) is 29.0 Å². The Labute approximate surface area is 211 Å². The van der Waals surface area contributed by atoms with Crippen LogP contribution in [0.15, 0.2) is 30.6 Å². The summed E-state index contributed by atoms with van der Waals surface area (Å²) < 4.78 is 1.64. The number of carbonyl (C=O) groups is 1. The van der Waals surface area contributed by atoms with E-state index in [0.29, 0.717) is 34.3 Å². The van der Waals surface area contributed by atoms with Gasteiger partial charge >= 0.3 is 0 Å². The Balaban J connectivity index is 1.34. The third-order valence-corrected chi connectivity index (χ3v) is 7.18.